The van der Waals surface area contributed by atoms with E-state index in [1.54, 1.807) is 0 Å². The van der Waals surface area contributed by atoms with Crippen LogP contribution in [0.3, 0.4) is 0 Å². The van der Waals surface area contributed by atoms with Crippen molar-refractivity contribution in [2.24, 2.45) is 0 Å². The van der Waals surface area contributed by atoms with Gasteiger partial charge in [-0.15, -0.1) is 0 Å². The molecule has 0 N–H and O–H groups in total. The summed E-state index contributed by atoms with van der Waals surface area (Å²) in [6.07, 6.45) is 19.4. The molecule has 2 saturated heterocycles. The summed E-state index contributed by atoms with van der Waals surface area (Å²) in [6.45, 7) is 23.4. The lowest BCUT2D eigenvalue weighted by Crippen LogP contribution is -2.62. The van der Waals surface area contributed by atoms with Gasteiger partial charge < -0.3 is 9.47 Å². The van der Waals surface area contributed by atoms with Gasteiger partial charge in [-0.1, -0.05) is 78.1 Å². The molecule has 2 fully saturated rings. The Labute approximate surface area is 295 Å². The van der Waals surface area contributed by atoms with Crippen LogP contribution in [0.4, 0.5) is 0 Å². The lowest BCUT2D eigenvalue weighted by Gasteiger charge is -2.53. The number of nitrogens with zero attached hydrogens (tertiary/aromatic N) is 2. The second-order valence-electron chi connectivity index (χ2n) is 17.3. The van der Waals surface area contributed by atoms with Gasteiger partial charge >= 0.3 is 11.9 Å². The lowest BCUT2D eigenvalue weighted by atomic mass is 9.80. The molecule has 0 atom stereocenters. The fraction of sp³-hybridized carbons (Fsp3) is 0.950. The maximum atomic E-state index is 12.8. The third-order valence-electron chi connectivity index (χ3n) is 10.2. The molecule has 0 spiro atoms. The van der Waals surface area contributed by atoms with Crippen LogP contribution in [0.15, 0.2) is 0 Å². The minimum absolute atomic E-state index is 0.145. The van der Waals surface area contributed by atoms with E-state index in [2.05, 4.69) is 79.4 Å². The van der Waals surface area contributed by atoms with Crippen molar-refractivity contribution in [3.63, 3.8) is 0 Å². The van der Waals surface area contributed by atoms with E-state index in [0.717, 1.165) is 51.7 Å². The van der Waals surface area contributed by atoms with E-state index in [-0.39, 0.29) is 46.3 Å². The number of hydrogen-bond acceptors (Lipinski definition) is 8. The standard InChI is InChI=1S/C40H76N2O6/c1-11-13-15-17-19-23-27-45-41-37(3,4)29-33(30-38(41,5)6)47-35(43)25-21-22-26-36(44)48-34-31-39(7,8)42(40(9,10)32-34)46-28-24-20-18-16-14-12-2/h33-34H,11-32H2,1-10H3. The Morgan fingerprint density at radius 2 is 0.771 bits per heavy atom. The Morgan fingerprint density at radius 3 is 1.08 bits per heavy atom. The highest BCUT2D eigenvalue weighted by Crippen LogP contribution is 2.41. The number of piperidine rings is 2. The molecule has 2 rings (SSSR count). The third-order valence-corrected chi connectivity index (χ3v) is 10.2. The number of ether oxygens (including phenoxy) is 2. The van der Waals surface area contributed by atoms with Crippen LogP contribution in [0, 0.1) is 0 Å². The van der Waals surface area contributed by atoms with Crippen LogP contribution in [-0.2, 0) is 28.7 Å². The molecule has 48 heavy (non-hydrogen) atoms. The van der Waals surface area contributed by atoms with Crippen molar-refractivity contribution in [3.8, 4) is 0 Å². The highest BCUT2D eigenvalue weighted by molar-refractivity contribution is 5.71. The summed E-state index contributed by atoms with van der Waals surface area (Å²) in [7, 11) is 0. The van der Waals surface area contributed by atoms with Crippen molar-refractivity contribution < 1.29 is 28.7 Å². The first-order valence-corrected chi connectivity index (χ1v) is 19.8. The van der Waals surface area contributed by atoms with Gasteiger partial charge in [0.15, 0.2) is 0 Å². The first-order chi connectivity index (χ1) is 22.5. The molecule has 8 heteroatoms. The third kappa shape index (κ3) is 14.9. The molecule has 0 aliphatic carbocycles. The van der Waals surface area contributed by atoms with E-state index in [0.29, 0.717) is 25.7 Å². The summed E-state index contributed by atoms with van der Waals surface area (Å²) in [6, 6.07) is 0. The predicted octanol–water partition coefficient (Wildman–Crippen LogP) is 10.3. The average Bonchev–Trinajstić information content (AvgIpc) is 2.95. The Hall–Kier alpha value is -1.22. The molecular formula is C40H76N2O6. The first kappa shape index (κ1) is 42.9. The highest BCUT2D eigenvalue weighted by Gasteiger charge is 2.49. The van der Waals surface area contributed by atoms with E-state index in [1.807, 2.05) is 0 Å². The fourth-order valence-corrected chi connectivity index (χ4v) is 8.31. The van der Waals surface area contributed by atoms with E-state index in [1.165, 1.54) is 64.2 Å². The predicted molar refractivity (Wildman–Crippen MR) is 195 cm³/mol. The van der Waals surface area contributed by atoms with E-state index in [4.69, 9.17) is 19.1 Å². The zero-order valence-corrected chi connectivity index (χ0v) is 33.1. The Bertz CT molecular complexity index is 823. The number of rotatable bonds is 23. The van der Waals surface area contributed by atoms with Gasteiger partial charge in [0, 0.05) is 60.7 Å². The Balaban J connectivity index is 1.69. The van der Waals surface area contributed by atoms with Gasteiger partial charge in [0.05, 0.1) is 13.2 Å². The average molecular weight is 681 g/mol. The van der Waals surface area contributed by atoms with E-state index < -0.39 is 0 Å². The number of hydroxylamine groups is 4. The SMILES string of the molecule is CCCCCCCCON1C(C)(C)CC(OC(=O)CCCCC(=O)OC2CC(C)(C)N(OCCCCCCCC)C(C)(C)C2)CC1(C)C. The van der Waals surface area contributed by atoms with Crippen LogP contribution in [0.25, 0.3) is 0 Å². The number of carbonyl (C=O) groups excluding carboxylic acids is 2. The zero-order chi connectivity index (χ0) is 35.8. The lowest BCUT2D eigenvalue weighted by molar-refractivity contribution is -0.293. The zero-order valence-electron chi connectivity index (χ0n) is 33.1. The van der Waals surface area contributed by atoms with Crippen LogP contribution in [-0.4, -0.2) is 69.6 Å². The molecule has 0 aromatic carbocycles. The van der Waals surface area contributed by atoms with Crippen molar-refractivity contribution in [2.45, 2.75) is 232 Å². The van der Waals surface area contributed by atoms with Gasteiger partial charge in [0.2, 0.25) is 0 Å². The van der Waals surface area contributed by atoms with Crippen molar-refractivity contribution in [1.82, 2.24) is 10.1 Å². The molecule has 2 aliphatic rings. The summed E-state index contributed by atoms with van der Waals surface area (Å²) >= 11 is 0. The van der Waals surface area contributed by atoms with Gasteiger partial charge in [0.1, 0.15) is 12.2 Å². The van der Waals surface area contributed by atoms with Crippen LogP contribution >= 0.6 is 0 Å². The molecular weight excluding hydrogens is 604 g/mol. The first-order valence-electron chi connectivity index (χ1n) is 19.8. The summed E-state index contributed by atoms with van der Waals surface area (Å²) in [4.78, 5) is 38.3. The van der Waals surface area contributed by atoms with E-state index in [9.17, 15) is 9.59 Å². The minimum Gasteiger partial charge on any atom is -0.462 e. The summed E-state index contributed by atoms with van der Waals surface area (Å²) in [5.74, 6) is -0.364. The molecule has 0 radical (unpaired) electrons. The molecule has 2 aliphatic heterocycles. The molecule has 0 bridgehead atoms. The van der Waals surface area contributed by atoms with Crippen molar-refractivity contribution in [3.05, 3.63) is 0 Å². The monoisotopic (exact) mass is 681 g/mol. The number of carbonyl (C=O) groups is 2. The summed E-state index contributed by atoms with van der Waals surface area (Å²) < 4.78 is 12.0. The van der Waals surface area contributed by atoms with Crippen LogP contribution < -0.4 is 0 Å². The van der Waals surface area contributed by atoms with Crippen molar-refractivity contribution >= 4 is 11.9 Å². The molecule has 0 unspecified atom stereocenters. The molecule has 2 heterocycles. The maximum Gasteiger partial charge on any atom is 0.306 e. The number of hydrogen-bond donors (Lipinski definition) is 0. The van der Waals surface area contributed by atoms with Gasteiger partial charge in [0.25, 0.3) is 0 Å². The van der Waals surface area contributed by atoms with Crippen LogP contribution in [0.5, 0.6) is 0 Å². The Morgan fingerprint density at radius 1 is 0.479 bits per heavy atom. The smallest absolute Gasteiger partial charge is 0.306 e. The van der Waals surface area contributed by atoms with Crippen LogP contribution in [0.2, 0.25) is 0 Å². The number of esters is 2. The van der Waals surface area contributed by atoms with E-state index >= 15 is 0 Å². The molecule has 282 valence electrons. The van der Waals surface area contributed by atoms with Crippen molar-refractivity contribution in [2.75, 3.05) is 13.2 Å². The highest BCUT2D eigenvalue weighted by atomic mass is 16.7. The Kier molecular flexibility index (Phi) is 18.4. The summed E-state index contributed by atoms with van der Waals surface area (Å²) in [5, 5.41) is 4.30. The van der Waals surface area contributed by atoms with Gasteiger partial charge in [-0.25, -0.2) is 0 Å². The number of unbranched alkanes of at least 4 members (excludes halogenated alkanes) is 11. The quantitative estimate of drug-likeness (QED) is 0.0780. The topological polar surface area (TPSA) is 77.5 Å². The van der Waals surface area contributed by atoms with Crippen molar-refractivity contribution in [1.29, 1.82) is 0 Å². The maximum absolute atomic E-state index is 12.8. The van der Waals surface area contributed by atoms with Gasteiger partial charge in [-0.2, -0.15) is 10.1 Å². The molecule has 8 nitrogen and oxygen atoms in total. The summed E-state index contributed by atoms with van der Waals surface area (Å²) in [5.41, 5.74) is -0.953. The van der Waals surface area contributed by atoms with Gasteiger partial charge in [-0.3, -0.25) is 19.3 Å². The minimum atomic E-state index is -0.238. The normalized spacial score (nSPS) is 21.3. The van der Waals surface area contributed by atoms with Crippen LogP contribution in [0.1, 0.15) is 198 Å². The molecule has 0 aromatic heterocycles. The van der Waals surface area contributed by atoms with Gasteiger partial charge in [-0.05, 0) is 81.1 Å². The fourth-order valence-electron chi connectivity index (χ4n) is 8.31. The largest absolute Gasteiger partial charge is 0.462 e. The second kappa shape index (κ2) is 20.6. The molecule has 0 aromatic rings. The second-order valence-corrected chi connectivity index (χ2v) is 17.3. The molecule has 0 saturated carbocycles. The molecule has 0 amide bonds.